The molecule has 5 nitrogen and oxygen atoms in total. The summed E-state index contributed by atoms with van der Waals surface area (Å²) in [4.78, 5) is 26.2. The standard InChI is InChI=1S/C21H25N3O2/c1-15-4-2-5-16(12-15)14-24-10-8-17(9-11-24)21(26)23-19-7-3-6-18(13-19)20(22)25/h2-7,12-13,17H,8-11,14H2,1H3,(H2,22,25)(H,23,26). The number of nitrogens with one attached hydrogen (secondary N) is 1. The van der Waals surface area contributed by atoms with Gasteiger partial charge in [0.2, 0.25) is 11.8 Å². The average Bonchev–Trinajstić information content (AvgIpc) is 2.62. The first-order valence-corrected chi connectivity index (χ1v) is 9.00. The van der Waals surface area contributed by atoms with Gasteiger partial charge < -0.3 is 11.1 Å². The van der Waals surface area contributed by atoms with E-state index in [0.717, 1.165) is 32.5 Å². The summed E-state index contributed by atoms with van der Waals surface area (Å²) in [7, 11) is 0. The lowest BCUT2D eigenvalue weighted by atomic mass is 9.95. The topological polar surface area (TPSA) is 75.4 Å². The van der Waals surface area contributed by atoms with Crippen LogP contribution in [-0.2, 0) is 11.3 Å². The van der Waals surface area contributed by atoms with Crippen molar-refractivity contribution in [2.24, 2.45) is 11.7 Å². The fourth-order valence-corrected chi connectivity index (χ4v) is 3.42. The van der Waals surface area contributed by atoms with Crippen LogP contribution in [-0.4, -0.2) is 29.8 Å². The summed E-state index contributed by atoms with van der Waals surface area (Å²) in [6, 6.07) is 15.3. The smallest absolute Gasteiger partial charge is 0.248 e. The second-order valence-corrected chi connectivity index (χ2v) is 6.97. The number of rotatable bonds is 5. The van der Waals surface area contributed by atoms with E-state index < -0.39 is 5.91 Å². The molecule has 1 aliphatic heterocycles. The van der Waals surface area contributed by atoms with Gasteiger partial charge in [-0.15, -0.1) is 0 Å². The Morgan fingerprint density at radius 2 is 1.85 bits per heavy atom. The van der Waals surface area contributed by atoms with Crippen LogP contribution in [0.1, 0.15) is 34.3 Å². The van der Waals surface area contributed by atoms with Crippen LogP contribution in [0.25, 0.3) is 0 Å². The van der Waals surface area contributed by atoms with Gasteiger partial charge in [-0.05, 0) is 56.6 Å². The zero-order chi connectivity index (χ0) is 18.5. The Balaban J connectivity index is 1.52. The molecule has 2 aromatic carbocycles. The molecule has 0 bridgehead atoms. The minimum absolute atomic E-state index is 0.000920. The Hall–Kier alpha value is -2.66. The van der Waals surface area contributed by atoms with Crippen LogP contribution in [0.4, 0.5) is 5.69 Å². The number of anilines is 1. The number of piperidine rings is 1. The number of aryl methyl sites for hydroxylation is 1. The molecule has 1 aliphatic rings. The summed E-state index contributed by atoms with van der Waals surface area (Å²) in [5, 5.41) is 2.91. The molecule has 0 spiro atoms. The number of carbonyl (C=O) groups excluding carboxylic acids is 2. The van der Waals surface area contributed by atoms with Crippen molar-refractivity contribution in [1.82, 2.24) is 4.90 Å². The van der Waals surface area contributed by atoms with Gasteiger partial charge in [-0.2, -0.15) is 0 Å². The number of hydrogen-bond acceptors (Lipinski definition) is 3. The van der Waals surface area contributed by atoms with E-state index in [0.29, 0.717) is 11.3 Å². The maximum atomic E-state index is 12.5. The Labute approximate surface area is 154 Å². The van der Waals surface area contributed by atoms with Crippen LogP contribution >= 0.6 is 0 Å². The lowest BCUT2D eigenvalue weighted by Gasteiger charge is -2.31. The van der Waals surface area contributed by atoms with Gasteiger partial charge in [0.05, 0.1) is 0 Å². The fraction of sp³-hybridized carbons (Fsp3) is 0.333. The highest BCUT2D eigenvalue weighted by molar-refractivity contribution is 5.96. The molecule has 1 heterocycles. The minimum atomic E-state index is -0.495. The quantitative estimate of drug-likeness (QED) is 0.870. The predicted octanol–water partition coefficient (Wildman–Crippen LogP) is 2.94. The van der Waals surface area contributed by atoms with Gasteiger partial charge in [0.25, 0.3) is 0 Å². The maximum absolute atomic E-state index is 12.5. The Bertz CT molecular complexity index is 795. The van der Waals surface area contributed by atoms with Crippen molar-refractivity contribution < 1.29 is 9.59 Å². The van der Waals surface area contributed by atoms with Crippen molar-refractivity contribution in [3.8, 4) is 0 Å². The summed E-state index contributed by atoms with van der Waals surface area (Å²) in [6.45, 7) is 4.85. The number of primary amides is 1. The van der Waals surface area contributed by atoms with E-state index in [2.05, 4.69) is 41.4 Å². The van der Waals surface area contributed by atoms with Gasteiger partial charge in [-0.25, -0.2) is 0 Å². The SMILES string of the molecule is Cc1cccc(CN2CCC(C(=O)Nc3cccc(C(N)=O)c3)CC2)c1. The molecule has 0 atom stereocenters. The molecule has 0 saturated carbocycles. The van der Waals surface area contributed by atoms with E-state index >= 15 is 0 Å². The first-order chi connectivity index (χ1) is 12.5. The Morgan fingerprint density at radius 1 is 1.12 bits per heavy atom. The van der Waals surface area contributed by atoms with Crippen LogP contribution < -0.4 is 11.1 Å². The molecule has 0 aromatic heterocycles. The van der Waals surface area contributed by atoms with E-state index in [-0.39, 0.29) is 11.8 Å². The number of hydrogen-bond donors (Lipinski definition) is 2. The highest BCUT2D eigenvalue weighted by atomic mass is 16.2. The Kier molecular flexibility index (Phi) is 5.68. The maximum Gasteiger partial charge on any atom is 0.248 e. The second kappa shape index (κ2) is 8.15. The molecule has 2 aromatic rings. The van der Waals surface area contributed by atoms with E-state index in [9.17, 15) is 9.59 Å². The lowest BCUT2D eigenvalue weighted by Crippen LogP contribution is -2.37. The summed E-state index contributed by atoms with van der Waals surface area (Å²) in [6.07, 6.45) is 1.68. The van der Waals surface area contributed by atoms with Crippen molar-refractivity contribution in [3.05, 3.63) is 65.2 Å². The van der Waals surface area contributed by atoms with E-state index in [1.54, 1.807) is 24.3 Å². The number of benzene rings is 2. The summed E-state index contributed by atoms with van der Waals surface area (Å²) >= 11 is 0. The third kappa shape index (κ3) is 4.70. The molecule has 5 heteroatoms. The molecule has 1 fully saturated rings. The predicted molar refractivity (Wildman–Crippen MR) is 103 cm³/mol. The van der Waals surface area contributed by atoms with Gasteiger partial charge in [0.15, 0.2) is 0 Å². The van der Waals surface area contributed by atoms with Crippen molar-refractivity contribution in [2.75, 3.05) is 18.4 Å². The van der Waals surface area contributed by atoms with Gasteiger partial charge in [0, 0.05) is 23.7 Å². The van der Waals surface area contributed by atoms with Crippen molar-refractivity contribution in [2.45, 2.75) is 26.3 Å². The van der Waals surface area contributed by atoms with Gasteiger partial charge in [0.1, 0.15) is 0 Å². The van der Waals surface area contributed by atoms with Crippen LogP contribution in [0.3, 0.4) is 0 Å². The molecule has 136 valence electrons. The fourth-order valence-electron chi connectivity index (χ4n) is 3.42. The van der Waals surface area contributed by atoms with E-state index in [1.807, 2.05) is 0 Å². The van der Waals surface area contributed by atoms with E-state index in [1.165, 1.54) is 11.1 Å². The number of nitrogens with two attached hydrogens (primary N) is 1. The van der Waals surface area contributed by atoms with Crippen molar-refractivity contribution >= 4 is 17.5 Å². The normalized spacial score (nSPS) is 15.6. The average molecular weight is 351 g/mol. The molecule has 3 rings (SSSR count). The summed E-state index contributed by atoms with van der Waals surface area (Å²) in [5.74, 6) is -0.478. The highest BCUT2D eigenvalue weighted by Gasteiger charge is 2.25. The van der Waals surface area contributed by atoms with Gasteiger partial charge in [-0.1, -0.05) is 35.9 Å². The largest absolute Gasteiger partial charge is 0.366 e. The zero-order valence-corrected chi connectivity index (χ0v) is 15.1. The van der Waals surface area contributed by atoms with E-state index in [4.69, 9.17) is 5.73 Å². The van der Waals surface area contributed by atoms with Crippen molar-refractivity contribution in [1.29, 1.82) is 0 Å². The van der Waals surface area contributed by atoms with Gasteiger partial charge >= 0.3 is 0 Å². The van der Waals surface area contributed by atoms with Gasteiger partial charge in [-0.3, -0.25) is 14.5 Å². The molecule has 1 saturated heterocycles. The van der Waals surface area contributed by atoms with Crippen LogP contribution in [0.5, 0.6) is 0 Å². The number of amides is 2. The summed E-state index contributed by atoms with van der Waals surface area (Å²) in [5.41, 5.74) is 8.89. The highest BCUT2D eigenvalue weighted by Crippen LogP contribution is 2.21. The van der Waals surface area contributed by atoms with Crippen LogP contribution in [0.15, 0.2) is 48.5 Å². The molecule has 3 N–H and O–H groups in total. The first kappa shape index (κ1) is 18.1. The first-order valence-electron chi connectivity index (χ1n) is 9.00. The number of nitrogens with zero attached hydrogens (tertiary/aromatic N) is 1. The monoisotopic (exact) mass is 351 g/mol. The zero-order valence-electron chi connectivity index (χ0n) is 15.1. The van der Waals surface area contributed by atoms with Crippen LogP contribution in [0.2, 0.25) is 0 Å². The molecule has 0 aliphatic carbocycles. The number of carbonyl (C=O) groups is 2. The van der Waals surface area contributed by atoms with Crippen molar-refractivity contribution in [3.63, 3.8) is 0 Å². The molecular formula is C21H25N3O2. The lowest BCUT2D eigenvalue weighted by molar-refractivity contribution is -0.121. The third-order valence-corrected chi connectivity index (χ3v) is 4.86. The molecular weight excluding hydrogens is 326 g/mol. The summed E-state index contributed by atoms with van der Waals surface area (Å²) < 4.78 is 0. The van der Waals surface area contributed by atoms with Crippen LogP contribution in [0, 0.1) is 12.8 Å². The second-order valence-electron chi connectivity index (χ2n) is 6.97. The minimum Gasteiger partial charge on any atom is -0.366 e. The Morgan fingerprint density at radius 3 is 2.54 bits per heavy atom. The number of likely N-dealkylation sites (tertiary alicyclic amines) is 1. The molecule has 0 radical (unpaired) electrons. The molecule has 2 amide bonds. The molecule has 26 heavy (non-hydrogen) atoms. The molecule has 0 unspecified atom stereocenters. The third-order valence-electron chi connectivity index (χ3n) is 4.86.